The molecule has 0 aliphatic carbocycles. The Hall–Kier alpha value is -1.30. The van der Waals surface area contributed by atoms with Crippen molar-refractivity contribution in [2.24, 2.45) is 5.41 Å². The maximum absolute atomic E-state index is 11.9. The molecule has 0 saturated carbocycles. The molecule has 1 atom stereocenters. The number of carboxylic acid groups (broad SMARTS) is 1. The largest absolute Gasteiger partial charge is 0.481 e. The quantitative estimate of drug-likeness (QED) is 0.685. The predicted molar refractivity (Wildman–Crippen MR) is 71.1 cm³/mol. The Kier molecular flexibility index (Phi) is 6.08. The zero-order valence-corrected chi connectivity index (χ0v) is 11.8. The lowest BCUT2D eigenvalue weighted by Crippen LogP contribution is -2.42. The van der Waals surface area contributed by atoms with Crippen LogP contribution in [0.3, 0.4) is 0 Å². The van der Waals surface area contributed by atoms with Crippen LogP contribution in [0.1, 0.15) is 32.6 Å². The van der Waals surface area contributed by atoms with E-state index in [9.17, 15) is 14.7 Å². The fourth-order valence-corrected chi connectivity index (χ4v) is 2.53. The Morgan fingerprint density at radius 3 is 2.79 bits per heavy atom. The summed E-state index contributed by atoms with van der Waals surface area (Å²) in [5.74, 6) is -0.788. The highest BCUT2D eigenvalue weighted by molar-refractivity contribution is 5.79. The van der Waals surface area contributed by atoms with Gasteiger partial charge in [0.2, 0.25) is 0 Å². The molecule has 19 heavy (non-hydrogen) atoms. The second-order valence-electron chi connectivity index (χ2n) is 5.09. The number of hydrogen-bond acceptors (Lipinski definition) is 3. The SMILES string of the molecule is CCCC1(C(=O)O)CCN(C(=O)NCCCOC)C1. The van der Waals surface area contributed by atoms with E-state index in [2.05, 4.69) is 5.32 Å². The number of methoxy groups -OCH3 is 1. The Morgan fingerprint density at radius 1 is 1.47 bits per heavy atom. The molecule has 6 nitrogen and oxygen atoms in total. The van der Waals surface area contributed by atoms with Crippen LogP contribution < -0.4 is 5.32 Å². The maximum Gasteiger partial charge on any atom is 0.317 e. The lowest BCUT2D eigenvalue weighted by molar-refractivity contribution is -0.148. The standard InChI is InChI=1S/C13H24N2O4/c1-3-5-13(11(16)17)6-8-15(10-13)12(18)14-7-4-9-19-2/h3-10H2,1-2H3,(H,14,18)(H,16,17). The van der Waals surface area contributed by atoms with Crippen molar-refractivity contribution in [3.63, 3.8) is 0 Å². The fraction of sp³-hybridized carbons (Fsp3) is 0.846. The van der Waals surface area contributed by atoms with Crippen molar-refractivity contribution in [3.05, 3.63) is 0 Å². The summed E-state index contributed by atoms with van der Waals surface area (Å²) in [6, 6.07) is -0.171. The summed E-state index contributed by atoms with van der Waals surface area (Å²) in [4.78, 5) is 24.9. The Bertz CT molecular complexity index is 322. The van der Waals surface area contributed by atoms with Gasteiger partial charge in [-0.25, -0.2) is 4.79 Å². The highest BCUT2D eigenvalue weighted by Crippen LogP contribution is 2.35. The van der Waals surface area contributed by atoms with Gasteiger partial charge in [-0.05, 0) is 19.3 Å². The van der Waals surface area contributed by atoms with Crippen LogP contribution >= 0.6 is 0 Å². The van der Waals surface area contributed by atoms with E-state index in [0.717, 1.165) is 12.8 Å². The molecule has 1 aliphatic rings. The minimum Gasteiger partial charge on any atom is -0.481 e. The van der Waals surface area contributed by atoms with Crippen molar-refractivity contribution < 1.29 is 19.4 Å². The van der Waals surface area contributed by atoms with Crippen molar-refractivity contribution in [2.45, 2.75) is 32.6 Å². The second kappa shape index (κ2) is 7.33. The molecule has 0 spiro atoms. The third-order valence-electron chi connectivity index (χ3n) is 3.62. The molecule has 1 fully saturated rings. The van der Waals surface area contributed by atoms with Gasteiger partial charge in [-0.2, -0.15) is 0 Å². The van der Waals surface area contributed by atoms with Gasteiger partial charge in [0.15, 0.2) is 0 Å². The number of carbonyl (C=O) groups is 2. The third-order valence-corrected chi connectivity index (χ3v) is 3.62. The lowest BCUT2D eigenvalue weighted by Gasteiger charge is -2.24. The normalized spacial score (nSPS) is 22.5. The van der Waals surface area contributed by atoms with E-state index in [4.69, 9.17) is 4.74 Å². The lowest BCUT2D eigenvalue weighted by atomic mass is 9.83. The number of carboxylic acids is 1. The van der Waals surface area contributed by atoms with Crippen molar-refractivity contribution in [1.82, 2.24) is 10.2 Å². The highest BCUT2D eigenvalue weighted by Gasteiger charge is 2.45. The van der Waals surface area contributed by atoms with Crippen LogP contribution in [0, 0.1) is 5.41 Å². The number of amides is 2. The van der Waals surface area contributed by atoms with E-state index < -0.39 is 11.4 Å². The van der Waals surface area contributed by atoms with Gasteiger partial charge in [-0.1, -0.05) is 13.3 Å². The summed E-state index contributed by atoms with van der Waals surface area (Å²) < 4.78 is 4.90. The van der Waals surface area contributed by atoms with Gasteiger partial charge in [-0.15, -0.1) is 0 Å². The molecular weight excluding hydrogens is 248 g/mol. The van der Waals surface area contributed by atoms with Crippen LogP contribution in [0.4, 0.5) is 4.79 Å². The van der Waals surface area contributed by atoms with Crippen molar-refractivity contribution >= 4 is 12.0 Å². The molecule has 1 unspecified atom stereocenters. The average molecular weight is 272 g/mol. The van der Waals surface area contributed by atoms with Gasteiger partial charge in [-0.3, -0.25) is 4.79 Å². The van der Waals surface area contributed by atoms with Crippen LogP contribution in [0.2, 0.25) is 0 Å². The first-order valence-electron chi connectivity index (χ1n) is 6.81. The predicted octanol–water partition coefficient (Wildman–Crippen LogP) is 1.31. The van der Waals surface area contributed by atoms with Gasteiger partial charge in [0.1, 0.15) is 0 Å². The van der Waals surface area contributed by atoms with Crippen LogP contribution in [0.5, 0.6) is 0 Å². The number of hydrogen-bond donors (Lipinski definition) is 2. The van der Waals surface area contributed by atoms with Crippen molar-refractivity contribution in [3.8, 4) is 0 Å². The smallest absolute Gasteiger partial charge is 0.317 e. The zero-order valence-electron chi connectivity index (χ0n) is 11.8. The molecule has 1 rings (SSSR count). The van der Waals surface area contributed by atoms with E-state index in [-0.39, 0.29) is 6.03 Å². The third kappa shape index (κ3) is 4.09. The summed E-state index contributed by atoms with van der Waals surface area (Å²) >= 11 is 0. The molecule has 0 radical (unpaired) electrons. The van der Waals surface area contributed by atoms with Gasteiger partial charge in [0, 0.05) is 33.4 Å². The molecule has 6 heteroatoms. The Labute approximate surface area is 114 Å². The topological polar surface area (TPSA) is 78.9 Å². The first-order valence-corrected chi connectivity index (χ1v) is 6.81. The number of likely N-dealkylation sites (tertiary alicyclic amines) is 1. The molecule has 2 amide bonds. The van der Waals surface area contributed by atoms with Gasteiger partial charge >= 0.3 is 12.0 Å². The first kappa shape index (κ1) is 15.8. The summed E-state index contributed by atoms with van der Waals surface area (Å²) in [6.07, 6.45) is 2.74. The van der Waals surface area contributed by atoms with Gasteiger partial charge in [0.05, 0.1) is 5.41 Å². The molecule has 1 aliphatic heterocycles. The number of aliphatic carboxylic acids is 1. The van der Waals surface area contributed by atoms with Crippen LogP contribution in [0.15, 0.2) is 0 Å². The minimum atomic E-state index is -0.788. The zero-order chi connectivity index (χ0) is 14.3. The summed E-state index contributed by atoms with van der Waals surface area (Å²) in [6.45, 7) is 3.96. The van der Waals surface area contributed by atoms with Crippen LogP contribution in [0.25, 0.3) is 0 Å². The maximum atomic E-state index is 11.9. The summed E-state index contributed by atoms with van der Waals surface area (Å²) in [5.41, 5.74) is -0.751. The van der Waals surface area contributed by atoms with Gasteiger partial charge < -0.3 is 20.1 Å². The number of rotatable bonds is 7. The van der Waals surface area contributed by atoms with Gasteiger partial charge in [0.25, 0.3) is 0 Å². The molecule has 0 bridgehead atoms. The fourth-order valence-electron chi connectivity index (χ4n) is 2.53. The summed E-state index contributed by atoms with van der Waals surface area (Å²) in [5, 5.41) is 12.2. The Balaban J connectivity index is 2.45. The van der Waals surface area contributed by atoms with Crippen LogP contribution in [-0.4, -0.2) is 55.4 Å². The molecule has 110 valence electrons. The van der Waals surface area contributed by atoms with Crippen molar-refractivity contribution in [2.75, 3.05) is 33.4 Å². The molecular formula is C13H24N2O4. The van der Waals surface area contributed by atoms with E-state index in [0.29, 0.717) is 39.1 Å². The van der Waals surface area contributed by atoms with Crippen molar-refractivity contribution in [1.29, 1.82) is 0 Å². The molecule has 2 N–H and O–H groups in total. The minimum absolute atomic E-state index is 0.171. The number of nitrogens with zero attached hydrogens (tertiary/aromatic N) is 1. The highest BCUT2D eigenvalue weighted by atomic mass is 16.5. The molecule has 0 aromatic rings. The average Bonchev–Trinajstić information content (AvgIpc) is 2.81. The Morgan fingerprint density at radius 2 is 2.21 bits per heavy atom. The van der Waals surface area contributed by atoms with Crippen LogP contribution in [-0.2, 0) is 9.53 Å². The number of urea groups is 1. The first-order chi connectivity index (χ1) is 9.05. The summed E-state index contributed by atoms with van der Waals surface area (Å²) in [7, 11) is 1.62. The number of carbonyl (C=O) groups excluding carboxylic acids is 1. The van der Waals surface area contributed by atoms with E-state index >= 15 is 0 Å². The number of nitrogens with one attached hydrogen (secondary N) is 1. The van der Waals surface area contributed by atoms with E-state index in [1.807, 2.05) is 6.92 Å². The molecule has 1 saturated heterocycles. The van der Waals surface area contributed by atoms with E-state index in [1.165, 1.54) is 0 Å². The number of ether oxygens (including phenoxy) is 1. The second-order valence-corrected chi connectivity index (χ2v) is 5.09. The van der Waals surface area contributed by atoms with E-state index in [1.54, 1.807) is 12.0 Å². The molecule has 1 heterocycles. The monoisotopic (exact) mass is 272 g/mol. The molecule has 0 aromatic heterocycles. The molecule has 0 aromatic carbocycles.